The molecule has 0 aliphatic carbocycles. The van der Waals surface area contributed by atoms with Gasteiger partial charge in [0.05, 0.1) is 19.6 Å². The van der Waals surface area contributed by atoms with Crippen LogP contribution in [0, 0.1) is 5.41 Å². The van der Waals surface area contributed by atoms with Crippen LogP contribution < -0.4 is 0 Å². The minimum Gasteiger partial charge on any atom is -0.463 e. The zero-order valence-electron chi connectivity index (χ0n) is 40.4. The van der Waals surface area contributed by atoms with E-state index in [1.54, 1.807) is 30.3 Å². The van der Waals surface area contributed by atoms with Gasteiger partial charge in [-0.1, -0.05) is 99.6 Å². The smallest absolute Gasteiger partial charge is 0.340 e. The second kappa shape index (κ2) is 24.8. The maximum Gasteiger partial charge on any atom is 0.340 e. The molecule has 3 aromatic carbocycles. The number of hydrogen-bond acceptors (Lipinski definition) is 22. The Bertz CT molecular complexity index is 2320. The summed E-state index contributed by atoms with van der Waals surface area (Å²) < 4.78 is 45.9. The number of carbonyl (C=O) groups is 4. The third-order valence-corrected chi connectivity index (χ3v) is 13.0. The lowest BCUT2D eigenvalue weighted by molar-refractivity contribution is -0.336. The van der Waals surface area contributed by atoms with E-state index < -0.39 is 159 Å². The number of esters is 4. The maximum absolute atomic E-state index is 14.7. The molecule has 3 aromatic rings. The minimum atomic E-state index is -2.44. The highest BCUT2D eigenvalue weighted by Crippen LogP contribution is 2.42. The summed E-state index contributed by atoms with van der Waals surface area (Å²) in [5.74, 6) is -3.96. The van der Waals surface area contributed by atoms with Crippen LogP contribution in [0.4, 0.5) is 0 Å². The number of hydrogen-bond donors (Lipinski definition) is 10. The standard InChI is InChI=1S/C51H64O22/c1-26(54)66-25-34-47(72-35(55)19-14-27-8-6-5-7-9-27)43(63)44(64)48(71-34)73-51(50(2,3)4,49(65)68-24-29-12-17-31(18-13-29)46-42(62)40(60)38(58)33(22-53)70-46)20-36(56)67-23-28-10-15-30(16-11-28)45-41(61)39(59)37(57)32(21-52)69-45/h5-19,32-34,37-48,52-53,57-64H,20-25H2,1-4H3/b19-14+/t32-,33-,34-,37-,38-,39+,40+,41-,42-,43-,44-,45+,46+,47-,48+,51-/m1/s1. The Morgan fingerprint density at radius 3 is 1.58 bits per heavy atom. The Kier molecular flexibility index (Phi) is 19.4. The summed E-state index contributed by atoms with van der Waals surface area (Å²) in [7, 11) is 0. The fraction of sp³-hybridized carbons (Fsp3) is 0.529. The zero-order valence-corrected chi connectivity index (χ0v) is 40.4. The van der Waals surface area contributed by atoms with E-state index in [1.165, 1.54) is 75.4 Å². The number of aliphatic hydroxyl groups is 10. The van der Waals surface area contributed by atoms with Crippen molar-refractivity contribution in [2.24, 2.45) is 5.41 Å². The molecule has 3 aliphatic rings. The van der Waals surface area contributed by atoms with Gasteiger partial charge in [0.2, 0.25) is 0 Å². The van der Waals surface area contributed by atoms with Gasteiger partial charge < -0.3 is 89.0 Å². The molecule has 10 N–H and O–H groups in total. The van der Waals surface area contributed by atoms with Gasteiger partial charge in [-0.2, -0.15) is 0 Å². The fourth-order valence-electron chi connectivity index (χ4n) is 8.54. The molecule has 3 fully saturated rings. The molecule has 22 heteroatoms. The summed E-state index contributed by atoms with van der Waals surface area (Å²) in [6, 6.07) is 20.8. The van der Waals surface area contributed by atoms with Crippen LogP contribution in [-0.2, 0) is 70.3 Å². The van der Waals surface area contributed by atoms with Gasteiger partial charge in [-0.15, -0.1) is 0 Å². The van der Waals surface area contributed by atoms with Crippen molar-refractivity contribution < 1.29 is 108 Å². The number of aliphatic hydroxyl groups excluding tert-OH is 10. The maximum atomic E-state index is 14.7. The van der Waals surface area contributed by atoms with Gasteiger partial charge in [-0.3, -0.25) is 9.59 Å². The highest BCUT2D eigenvalue weighted by atomic mass is 16.7. The van der Waals surface area contributed by atoms with Crippen molar-refractivity contribution in [2.45, 2.75) is 145 Å². The summed E-state index contributed by atoms with van der Waals surface area (Å²) in [6.07, 6.45) is -21.8. The SMILES string of the molecule is CC(=O)OC[C@H]1O[C@@H](O[C@](CC(=O)OCc2ccc([C@@H]3O[C@H](CO)[C@@H](O)[C@H](O)[C@H]3O)cc2)(C(=O)OCc2ccc([C@@H]3O[C@H](CO)[C@@H](O)[C@H](O)[C@H]3O)cc2)C(C)(C)C)[C@H](O)[C@@H](O)[C@@H]1OC(=O)/C=C/c1ccccc1. The lowest BCUT2D eigenvalue weighted by Gasteiger charge is -2.47. The monoisotopic (exact) mass is 1030 g/mol. The Hall–Kier alpha value is -5.28. The van der Waals surface area contributed by atoms with E-state index in [4.69, 9.17) is 37.9 Å². The number of rotatable bonds is 18. The Labute approximate surface area is 419 Å². The van der Waals surface area contributed by atoms with Gasteiger partial charge in [0.15, 0.2) is 18.0 Å². The summed E-state index contributed by atoms with van der Waals surface area (Å²) >= 11 is 0. The average Bonchev–Trinajstić information content (AvgIpc) is 3.37. The number of carbonyl (C=O) groups excluding carboxylic acids is 4. The first-order valence-corrected chi connectivity index (χ1v) is 23.5. The van der Waals surface area contributed by atoms with E-state index in [0.29, 0.717) is 27.8 Å². The van der Waals surface area contributed by atoms with Crippen molar-refractivity contribution >= 4 is 30.0 Å². The molecule has 0 amide bonds. The molecule has 0 saturated carbocycles. The fourth-order valence-corrected chi connectivity index (χ4v) is 8.54. The lowest BCUT2D eigenvalue weighted by atomic mass is 9.73. The van der Waals surface area contributed by atoms with Gasteiger partial charge in [-0.25, -0.2) is 9.59 Å². The molecule has 0 unspecified atom stereocenters. The zero-order chi connectivity index (χ0) is 53.4. The van der Waals surface area contributed by atoms with Crippen molar-refractivity contribution in [2.75, 3.05) is 19.8 Å². The summed E-state index contributed by atoms with van der Waals surface area (Å²) in [4.78, 5) is 53.8. The molecule has 3 aliphatic heterocycles. The normalized spacial score (nSPS) is 31.5. The third kappa shape index (κ3) is 13.5. The summed E-state index contributed by atoms with van der Waals surface area (Å²) in [5.41, 5.74) is -1.79. The minimum absolute atomic E-state index is 0.340. The molecule has 3 saturated heterocycles. The lowest BCUT2D eigenvalue weighted by Crippen LogP contribution is -2.65. The van der Waals surface area contributed by atoms with Crippen LogP contribution in [0.1, 0.15) is 74.1 Å². The van der Waals surface area contributed by atoms with Crippen LogP contribution in [-0.4, -0.2) is 180 Å². The molecule has 0 aromatic heterocycles. The van der Waals surface area contributed by atoms with E-state index in [0.717, 1.165) is 13.0 Å². The molecule has 6 rings (SSSR count). The van der Waals surface area contributed by atoms with E-state index in [1.807, 2.05) is 0 Å². The van der Waals surface area contributed by atoms with E-state index in [2.05, 4.69) is 0 Å². The van der Waals surface area contributed by atoms with Crippen molar-refractivity contribution in [1.29, 1.82) is 0 Å². The van der Waals surface area contributed by atoms with Gasteiger partial charge in [0.1, 0.15) is 99.2 Å². The summed E-state index contributed by atoms with van der Waals surface area (Å²) in [6.45, 7) is 2.87. The van der Waals surface area contributed by atoms with Crippen molar-refractivity contribution in [3.8, 4) is 0 Å². The van der Waals surface area contributed by atoms with Crippen LogP contribution in [0.5, 0.6) is 0 Å². The first-order chi connectivity index (χ1) is 34.6. The third-order valence-electron chi connectivity index (χ3n) is 13.0. The highest BCUT2D eigenvalue weighted by molar-refractivity contribution is 5.88. The first kappa shape index (κ1) is 57.0. The predicted molar refractivity (Wildman–Crippen MR) is 248 cm³/mol. The quantitative estimate of drug-likeness (QED) is 0.0429. The summed E-state index contributed by atoms with van der Waals surface area (Å²) in [5, 5.41) is 105. The average molecular weight is 1030 g/mol. The second-order valence-electron chi connectivity index (χ2n) is 19.1. The molecule has 400 valence electrons. The van der Waals surface area contributed by atoms with Gasteiger partial charge in [0.25, 0.3) is 0 Å². The molecule has 3 heterocycles. The molecule has 0 spiro atoms. The Morgan fingerprint density at radius 2 is 1.10 bits per heavy atom. The van der Waals surface area contributed by atoms with E-state index in [-0.39, 0.29) is 6.61 Å². The molecular weight excluding hydrogens is 965 g/mol. The number of ether oxygens (including phenoxy) is 8. The Morgan fingerprint density at radius 1 is 0.589 bits per heavy atom. The molecule has 0 radical (unpaired) electrons. The van der Waals surface area contributed by atoms with Crippen LogP contribution >= 0.6 is 0 Å². The molecular formula is C51H64O22. The van der Waals surface area contributed by atoms with Gasteiger partial charge in [-0.05, 0) is 33.9 Å². The topological polar surface area (TPSA) is 344 Å². The Balaban J connectivity index is 1.25. The van der Waals surface area contributed by atoms with Crippen molar-refractivity contribution in [1.82, 2.24) is 0 Å². The van der Waals surface area contributed by atoms with Crippen LogP contribution in [0.15, 0.2) is 84.9 Å². The van der Waals surface area contributed by atoms with Gasteiger partial charge in [0, 0.05) is 18.4 Å². The largest absolute Gasteiger partial charge is 0.463 e. The van der Waals surface area contributed by atoms with Crippen molar-refractivity contribution in [3.05, 3.63) is 113 Å². The van der Waals surface area contributed by atoms with E-state index in [9.17, 15) is 70.2 Å². The second-order valence-corrected chi connectivity index (χ2v) is 19.1. The highest BCUT2D eigenvalue weighted by Gasteiger charge is 2.58. The van der Waals surface area contributed by atoms with Crippen molar-refractivity contribution in [3.63, 3.8) is 0 Å². The molecule has 73 heavy (non-hydrogen) atoms. The number of benzene rings is 3. The molecule has 0 bridgehead atoms. The first-order valence-electron chi connectivity index (χ1n) is 23.5. The predicted octanol–water partition coefficient (Wildman–Crippen LogP) is -0.670. The molecule has 22 nitrogen and oxygen atoms in total. The van der Waals surface area contributed by atoms with E-state index >= 15 is 0 Å². The molecule has 16 atom stereocenters. The van der Waals surface area contributed by atoms with Gasteiger partial charge >= 0.3 is 23.9 Å². The van der Waals surface area contributed by atoms with Crippen LogP contribution in [0.2, 0.25) is 0 Å². The van der Waals surface area contributed by atoms with Crippen LogP contribution in [0.25, 0.3) is 6.08 Å². The van der Waals surface area contributed by atoms with Crippen LogP contribution in [0.3, 0.4) is 0 Å².